The lowest BCUT2D eigenvalue weighted by Crippen LogP contribution is -2.41. The summed E-state index contributed by atoms with van der Waals surface area (Å²) in [5, 5.41) is 15.3. The molecule has 1 amide bonds. The highest BCUT2D eigenvalue weighted by atomic mass is 35.5. The maximum Gasteiger partial charge on any atom is 0.336 e. The molecular formula is C24H30ClN3O8. The number of carbonyl (C=O) groups excluding carboxylic acids is 3. The number of ether oxygens (including phenoxy) is 3. The van der Waals surface area contributed by atoms with Crippen molar-refractivity contribution in [2.45, 2.75) is 32.2 Å². The molecule has 0 fully saturated rings. The van der Waals surface area contributed by atoms with E-state index in [0.717, 1.165) is 0 Å². The van der Waals surface area contributed by atoms with Crippen molar-refractivity contribution in [2.75, 3.05) is 33.5 Å². The maximum absolute atomic E-state index is 13.1. The lowest BCUT2D eigenvalue weighted by atomic mass is 9.80. The quantitative estimate of drug-likeness (QED) is 0.218. The molecule has 2 atom stereocenters. The Morgan fingerprint density at radius 2 is 1.89 bits per heavy atom. The second-order valence-electron chi connectivity index (χ2n) is 7.79. The third-order valence-electron chi connectivity index (χ3n) is 5.35. The number of carboxylic acid groups (broad SMARTS) is 1. The van der Waals surface area contributed by atoms with Gasteiger partial charge in [0, 0.05) is 17.3 Å². The molecule has 36 heavy (non-hydrogen) atoms. The summed E-state index contributed by atoms with van der Waals surface area (Å²) < 4.78 is 16.0. The van der Waals surface area contributed by atoms with E-state index >= 15 is 0 Å². The van der Waals surface area contributed by atoms with Gasteiger partial charge in [-0.1, -0.05) is 29.8 Å². The maximum atomic E-state index is 13.1. The Morgan fingerprint density at radius 3 is 2.47 bits per heavy atom. The van der Waals surface area contributed by atoms with E-state index in [9.17, 15) is 24.3 Å². The van der Waals surface area contributed by atoms with Crippen LogP contribution in [0.4, 0.5) is 0 Å². The molecule has 2 rings (SSSR count). The number of primary amides is 1. The number of hydrogen-bond donors (Lipinski definition) is 4. The van der Waals surface area contributed by atoms with Crippen LogP contribution in [-0.2, 0) is 33.4 Å². The molecule has 196 valence electrons. The fraction of sp³-hybridized carbons (Fsp3) is 0.417. The van der Waals surface area contributed by atoms with Crippen LogP contribution >= 0.6 is 11.6 Å². The number of esters is 2. The molecule has 1 aromatic carbocycles. The van der Waals surface area contributed by atoms with E-state index in [-0.39, 0.29) is 43.9 Å². The lowest BCUT2D eigenvalue weighted by molar-refractivity contribution is -0.141. The number of allylic oxidation sites excluding steroid dienone is 1. The molecule has 0 radical (unpaired) electrons. The van der Waals surface area contributed by atoms with Crippen molar-refractivity contribution in [3.63, 3.8) is 0 Å². The van der Waals surface area contributed by atoms with E-state index in [0.29, 0.717) is 22.0 Å². The molecule has 1 aromatic rings. The Bertz CT molecular complexity index is 1070. The minimum atomic E-state index is -1.21. The third-order valence-corrected chi connectivity index (χ3v) is 5.69. The Balaban J connectivity index is 2.35. The van der Waals surface area contributed by atoms with E-state index in [1.165, 1.54) is 7.11 Å². The van der Waals surface area contributed by atoms with Crippen LogP contribution in [0.2, 0.25) is 5.02 Å². The summed E-state index contributed by atoms with van der Waals surface area (Å²) in [5.41, 5.74) is 6.74. The van der Waals surface area contributed by atoms with E-state index in [1.54, 1.807) is 38.1 Å². The summed E-state index contributed by atoms with van der Waals surface area (Å²) in [5.74, 6) is -4.14. The van der Waals surface area contributed by atoms with Gasteiger partial charge in [-0.15, -0.1) is 0 Å². The smallest absolute Gasteiger partial charge is 0.336 e. The van der Waals surface area contributed by atoms with E-state index in [4.69, 9.17) is 31.5 Å². The first-order chi connectivity index (χ1) is 17.1. The highest BCUT2D eigenvalue weighted by molar-refractivity contribution is 6.31. The number of carboxylic acids is 1. The molecule has 0 saturated carbocycles. The standard InChI is InChI=1S/C24H30ClN3O8/c1-4-36-24(33)21-17(12-35-10-9-27-16(22(30)31)11-18(26)29)28-13(2)19(23(32)34-3)20(21)14-7-5-6-8-15(14)25/h5-8,16,20,27-28H,4,9-12H2,1-3H3,(H2,26,29)(H,30,31). The first kappa shape index (κ1) is 28.8. The van der Waals surface area contributed by atoms with Crippen LogP contribution in [0.15, 0.2) is 46.8 Å². The topological polar surface area (TPSA) is 166 Å². The minimum absolute atomic E-state index is 0.0488. The van der Waals surface area contributed by atoms with Gasteiger partial charge in [-0.25, -0.2) is 9.59 Å². The van der Waals surface area contributed by atoms with Crippen molar-refractivity contribution in [2.24, 2.45) is 5.73 Å². The molecule has 0 bridgehead atoms. The van der Waals surface area contributed by atoms with Gasteiger partial charge in [0.15, 0.2) is 0 Å². The monoisotopic (exact) mass is 523 g/mol. The number of dihydropyridines is 1. The lowest BCUT2D eigenvalue weighted by Gasteiger charge is -2.31. The molecule has 0 saturated heterocycles. The number of rotatable bonds is 13. The largest absolute Gasteiger partial charge is 0.480 e. The number of benzene rings is 1. The molecule has 2 unspecified atom stereocenters. The van der Waals surface area contributed by atoms with Gasteiger partial charge >= 0.3 is 17.9 Å². The molecule has 1 aliphatic rings. The number of halogens is 1. The van der Waals surface area contributed by atoms with Gasteiger partial charge in [-0.2, -0.15) is 0 Å². The summed E-state index contributed by atoms with van der Waals surface area (Å²) in [6.07, 6.45) is -0.366. The van der Waals surface area contributed by atoms with E-state index < -0.39 is 35.8 Å². The van der Waals surface area contributed by atoms with Gasteiger partial charge in [0.1, 0.15) is 6.04 Å². The highest BCUT2D eigenvalue weighted by Gasteiger charge is 2.39. The highest BCUT2D eigenvalue weighted by Crippen LogP contribution is 2.41. The Hall–Kier alpha value is -3.41. The molecule has 1 aliphatic heterocycles. The fourth-order valence-electron chi connectivity index (χ4n) is 3.79. The molecule has 11 nitrogen and oxygen atoms in total. The van der Waals surface area contributed by atoms with Gasteiger partial charge in [0.25, 0.3) is 0 Å². The van der Waals surface area contributed by atoms with Crippen molar-refractivity contribution >= 4 is 35.4 Å². The van der Waals surface area contributed by atoms with Crippen LogP contribution < -0.4 is 16.4 Å². The number of nitrogens with one attached hydrogen (secondary N) is 2. The average Bonchev–Trinajstić information content (AvgIpc) is 2.82. The summed E-state index contributed by atoms with van der Waals surface area (Å²) in [7, 11) is 1.24. The van der Waals surface area contributed by atoms with Crippen LogP contribution in [0.3, 0.4) is 0 Å². The van der Waals surface area contributed by atoms with Crippen molar-refractivity contribution in [3.8, 4) is 0 Å². The number of aliphatic carboxylic acids is 1. The Morgan fingerprint density at radius 1 is 1.19 bits per heavy atom. The zero-order valence-electron chi connectivity index (χ0n) is 20.3. The molecule has 0 aromatic heterocycles. The molecule has 0 aliphatic carbocycles. The number of hydrogen-bond acceptors (Lipinski definition) is 9. The number of nitrogens with two attached hydrogens (primary N) is 1. The van der Waals surface area contributed by atoms with Crippen molar-refractivity contribution in [1.82, 2.24) is 10.6 Å². The van der Waals surface area contributed by atoms with Gasteiger partial charge in [0.2, 0.25) is 5.91 Å². The fourth-order valence-corrected chi connectivity index (χ4v) is 4.03. The summed E-state index contributed by atoms with van der Waals surface area (Å²) in [4.78, 5) is 48.1. The SMILES string of the molecule is CCOC(=O)C1=C(COCCNC(CC(N)=O)C(=O)O)NC(C)=C(C(=O)OC)C1c1ccccc1Cl. The molecule has 12 heteroatoms. The van der Waals surface area contributed by atoms with Gasteiger partial charge in [0.05, 0.1) is 56.1 Å². The second-order valence-corrected chi connectivity index (χ2v) is 8.20. The van der Waals surface area contributed by atoms with Crippen LogP contribution in [0, 0.1) is 0 Å². The predicted molar refractivity (Wildman–Crippen MR) is 130 cm³/mol. The zero-order chi connectivity index (χ0) is 26.8. The first-order valence-corrected chi connectivity index (χ1v) is 11.5. The number of methoxy groups -OCH3 is 1. The normalized spacial score (nSPS) is 16.3. The second kappa shape index (κ2) is 13.6. The molecule has 5 N–H and O–H groups in total. The van der Waals surface area contributed by atoms with Crippen molar-refractivity contribution in [1.29, 1.82) is 0 Å². The summed E-state index contributed by atoms with van der Waals surface area (Å²) in [6.45, 7) is 3.49. The average molecular weight is 524 g/mol. The minimum Gasteiger partial charge on any atom is -0.480 e. The van der Waals surface area contributed by atoms with Crippen molar-refractivity contribution < 1.29 is 38.5 Å². The Kier molecular flexibility index (Phi) is 10.9. The molecular weight excluding hydrogens is 494 g/mol. The van der Waals surface area contributed by atoms with Crippen LogP contribution in [0.5, 0.6) is 0 Å². The van der Waals surface area contributed by atoms with Gasteiger partial charge in [-0.05, 0) is 25.5 Å². The molecule has 0 spiro atoms. The van der Waals surface area contributed by atoms with Crippen LogP contribution in [-0.4, -0.2) is 68.4 Å². The third kappa shape index (κ3) is 7.30. The molecule has 1 heterocycles. The summed E-state index contributed by atoms with van der Waals surface area (Å²) in [6, 6.07) is 5.68. The van der Waals surface area contributed by atoms with E-state index in [1.807, 2.05) is 0 Å². The van der Waals surface area contributed by atoms with Crippen molar-refractivity contribution in [3.05, 3.63) is 57.4 Å². The van der Waals surface area contributed by atoms with Crippen LogP contribution in [0.1, 0.15) is 31.7 Å². The number of carbonyl (C=O) groups is 4. The van der Waals surface area contributed by atoms with Gasteiger partial charge in [-0.3, -0.25) is 9.59 Å². The van der Waals surface area contributed by atoms with Gasteiger partial charge < -0.3 is 35.7 Å². The van der Waals surface area contributed by atoms with Crippen LogP contribution in [0.25, 0.3) is 0 Å². The first-order valence-electron chi connectivity index (χ1n) is 11.1. The Labute approximate surface area is 213 Å². The zero-order valence-corrected chi connectivity index (χ0v) is 21.0. The summed E-state index contributed by atoms with van der Waals surface area (Å²) >= 11 is 6.46. The van der Waals surface area contributed by atoms with E-state index in [2.05, 4.69) is 10.6 Å². The number of amides is 1. The predicted octanol–water partition coefficient (Wildman–Crippen LogP) is 1.23.